The van der Waals surface area contributed by atoms with Gasteiger partial charge in [-0.05, 0) is 43.4 Å². The van der Waals surface area contributed by atoms with Gasteiger partial charge >= 0.3 is 0 Å². The molecule has 0 amide bonds. The minimum atomic E-state index is 0.583. The first-order valence-corrected chi connectivity index (χ1v) is 8.62. The van der Waals surface area contributed by atoms with E-state index in [9.17, 15) is 0 Å². The summed E-state index contributed by atoms with van der Waals surface area (Å²) in [6.07, 6.45) is 9.38. The molecule has 1 aromatic carbocycles. The topological polar surface area (TPSA) is 21.3 Å². The van der Waals surface area contributed by atoms with Crippen LogP contribution in [0.5, 0.6) is 5.75 Å². The standard InChI is InChI=1S/C17H26BrNO/c1-3-5-13-6-4-7-15(10-8-13)19-16-12-14(18)9-11-17(16)20-2/h9,11-13,15,19H,3-8,10H2,1-2H3. The van der Waals surface area contributed by atoms with E-state index in [4.69, 9.17) is 4.74 Å². The first-order valence-electron chi connectivity index (χ1n) is 7.83. The van der Waals surface area contributed by atoms with Crippen molar-refractivity contribution in [2.24, 2.45) is 5.92 Å². The third-order valence-corrected chi connectivity index (χ3v) is 4.80. The van der Waals surface area contributed by atoms with Crippen LogP contribution >= 0.6 is 15.9 Å². The van der Waals surface area contributed by atoms with Crippen LogP contribution < -0.4 is 10.1 Å². The van der Waals surface area contributed by atoms with Crippen molar-refractivity contribution in [1.29, 1.82) is 0 Å². The van der Waals surface area contributed by atoms with Crippen LogP contribution in [-0.4, -0.2) is 13.2 Å². The van der Waals surface area contributed by atoms with E-state index >= 15 is 0 Å². The molecule has 0 aromatic heterocycles. The molecule has 0 aliphatic heterocycles. The van der Waals surface area contributed by atoms with Crippen molar-refractivity contribution in [3.8, 4) is 5.75 Å². The Kier molecular flexibility index (Phi) is 6.21. The molecule has 1 N–H and O–H groups in total. The molecule has 0 bridgehead atoms. The third kappa shape index (κ3) is 4.41. The van der Waals surface area contributed by atoms with Crippen molar-refractivity contribution >= 4 is 21.6 Å². The fourth-order valence-corrected chi connectivity index (χ4v) is 3.59. The second-order valence-corrected chi connectivity index (χ2v) is 6.76. The Morgan fingerprint density at radius 1 is 1.25 bits per heavy atom. The van der Waals surface area contributed by atoms with Crippen LogP contribution in [0, 0.1) is 5.92 Å². The van der Waals surface area contributed by atoms with Gasteiger partial charge in [-0.2, -0.15) is 0 Å². The summed E-state index contributed by atoms with van der Waals surface area (Å²) in [6, 6.07) is 6.74. The van der Waals surface area contributed by atoms with Gasteiger partial charge < -0.3 is 10.1 Å². The van der Waals surface area contributed by atoms with Crippen LogP contribution in [0.15, 0.2) is 22.7 Å². The Morgan fingerprint density at radius 2 is 2.10 bits per heavy atom. The lowest BCUT2D eigenvalue weighted by Crippen LogP contribution is -2.19. The van der Waals surface area contributed by atoms with Gasteiger partial charge in [0.15, 0.2) is 0 Å². The molecular formula is C17H26BrNO. The highest BCUT2D eigenvalue weighted by Gasteiger charge is 2.19. The molecule has 2 rings (SSSR count). The minimum Gasteiger partial charge on any atom is -0.495 e. The largest absolute Gasteiger partial charge is 0.495 e. The highest BCUT2D eigenvalue weighted by molar-refractivity contribution is 9.10. The number of nitrogens with one attached hydrogen (secondary N) is 1. The molecule has 0 saturated heterocycles. The molecule has 2 unspecified atom stereocenters. The van der Waals surface area contributed by atoms with Crippen molar-refractivity contribution in [1.82, 2.24) is 0 Å². The van der Waals surface area contributed by atoms with Crippen LogP contribution in [0.1, 0.15) is 51.9 Å². The van der Waals surface area contributed by atoms with E-state index in [0.717, 1.165) is 21.8 Å². The number of benzene rings is 1. The molecule has 0 heterocycles. The number of hydrogen-bond donors (Lipinski definition) is 1. The molecule has 1 saturated carbocycles. The minimum absolute atomic E-state index is 0.583. The monoisotopic (exact) mass is 339 g/mol. The summed E-state index contributed by atoms with van der Waals surface area (Å²) in [7, 11) is 1.73. The smallest absolute Gasteiger partial charge is 0.142 e. The first-order chi connectivity index (χ1) is 9.72. The Bertz CT molecular complexity index is 421. The molecule has 1 fully saturated rings. The molecule has 0 spiro atoms. The fraction of sp³-hybridized carbons (Fsp3) is 0.647. The molecule has 2 nitrogen and oxygen atoms in total. The van der Waals surface area contributed by atoms with Gasteiger partial charge in [-0.25, -0.2) is 0 Å². The van der Waals surface area contributed by atoms with Gasteiger partial charge in [0.2, 0.25) is 0 Å². The number of rotatable bonds is 5. The lowest BCUT2D eigenvalue weighted by Gasteiger charge is -2.20. The van der Waals surface area contributed by atoms with Gasteiger partial charge in [-0.1, -0.05) is 48.5 Å². The zero-order valence-electron chi connectivity index (χ0n) is 12.6. The maximum Gasteiger partial charge on any atom is 0.142 e. The number of halogens is 1. The second kappa shape index (κ2) is 7.92. The number of hydrogen-bond acceptors (Lipinski definition) is 2. The highest BCUT2D eigenvalue weighted by Crippen LogP contribution is 2.32. The molecular weight excluding hydrogens is 314 g/mol. The van der Waals surface area contributed by atoms with Gasteiger partial charge in [0.25, 0.3) is 0 Å². The van der Waals surface area contributed by atoms with E-state index in [-0.39, 0.29) is 0 Å². The zero-order valence-corrected chi connectivity index (χ0v) is 14.2. The van der Waals surface area contributed by atoms with E-state index < -0.39 is 0 Å². The van der Waals surface area contributed by atoms with E-state index in [2.05, 4.69) is 34.2 Å². The van der Waals surface area contributed by atoms with Gasteiger partial charge in [0, 0.05) is 10.5 Å². The van der Waals surface area contributed by atoms with Crippen molar-refractivity contribution in [2.45, 2.75) is 57.9 Å². The molecule has 3 heteroatoms. The lowest BCUT2D eigenvalue weighted by molar-refractivity contribution is 0.414. The summed E-state index contributed by atoms with van der Waals surface area (Å²) < 4.78 is 6.55. The molecule has 1 aliphatic rings. The quantitative estimate of drug-likeness (QED) is 0.703. The van der Waals surface area contributed by atoms with E-state index in [0.29, 0.717) is 6.04 Å². The average Bonchev–Trinajstić information content (AvgIpc) is 2.65. The van der Waals surface area contributed by atoms with Gasteiger partial charge in [-0.15, -0.1) is 0 Å². The summed E-state index contributed by atoms with van der Waals surface area (Å²) in [5.74, 6) is 1.87. The summed E-state index contributed by atoms with van der Waals surface area (Å²) in [6.45, 7) is 2.30. The fourth-order valence-electron chi connectivity index (χ4n) is 3.23. The predicted molar refractivity (Wildman–Crippen MR) is 89.6 cm³/mol. The van der Waals surface area contributed by atoms with E-state index in [1.54, 1.807) is 7.11 Å². The van der Waals surface area contributed by atoms with Crippen molar-refractivity contribution in [3.63, 3.8) is 0 Å². The Balaban J connectivity index is 1.97. The Morgan fingerprint density at radius 3 is 2.85 bits per heavy atom. The maximum absolute atomic E-state index is 5.45. The Labute approximate surface area is 131 Å². The molecule has 20 heavy (non-hydrogen) atoms. The average molecular weight is 340 g/mol. The van der Waals surface area contributed by atoms with E-state index in [1.807, 2.05) is 12.1 Å². The van der Waals surface area contributed by atoms with Gasteiger partial charge in [0.1, 0.15) is 5.75 Å². The van der Waals surface area contributed by atoms with Crippen molar-refractivity contribution < 1.29 is 4.74 Å². The van der Waals surface area contributed by atoms with Crippen molar-refractivity contribution in [3.05, 3.63) is 22.7 Å². The van der Waals surface area contributed by atoms with Crippen LogP contribution in [0.4, 0.5) is 5.69 Å². The van der Waals surface area contributed by atoms with Gasteiger partial charge in [0.05, 0.1) is 12.8 Å². The summed E-state index contributed by atoms with van der Waals surface area (Å²) >= 11 is 3.54. The van der Waals surface area contributed by atoms with Crippen LogP contribution in [0.25, 0.3) is 0 Å². The lowest BCUT2D eigenvalue weighted by atomic mass is 9.95. The van der Waals surface area contributed by atoms with Crippen LogP contribution in [-0.2, 0) is 0 Å². The molecule has 0 radical (unpaired) electrons. The molecule has 1 aromatic rings. The number of ether oxygens (including phenoxy) is 1. The first kappa shape index (κ1) is 15.7. The predicted octanol–water partition coefficient (Wildman–Crippen LogP) is 5.62. The molecule has 112 valence electrons. The summed E-state index contributed by atoms with van der Waals surface area (Å²) in [4.78, 5) is 0. The SMILES string of the molecule is CCCC1CCCC(Nc2cc(Br)ccc2OC)CC1. The van der Waals surface area contributed by atoms with Crippen LogP contribution in [0.3, 0.4) is 0 Å². The van der Waals surface area contributed by atoms with E-state index in [1.165, 1.54) is 44.9 Å². The maximum atomic E-state index is 5.45. The number of methoxy groups -OCH3 is 1. The molecule has 1 aliphatic carbocycles. The molecule has 2 atom stereocenters. The Hall–Kier alpha value is -0.700. The third-order valence-electron chi connectivity index (χ3n) is 4.31. The highest BCUT2D eigenvalue weighted by atomic mass is 79.9. The van der Waals surface area contributed by atoms with Gasteiger partial charge in [-0.3, -0.25) is 0 Å². The van der Waals surface area contributed by atoms with Crippen LogP contribution in [0.2, 0.25) is 0 Å². The number of anilines is 1. The summed E-state index contributed by atoms with van der Waals surface area (Å²) in [5.41, 5.74) is 1.11. The zero-order chi connectivity index (χ0) is 14.4. The van der Waals surface area contributed by atoms with Crippen molar-refractivity contribution in [2.75, 3.05) is 12.4 Å². The normalized spacial score (nSPS) is 23.1. The summed E-state index contributed by atoms with van der Waals surface area (Å²) in [5, 5.41) is 3.69. The second-order valence-electron chi connectivity index (χ2n) is 5.85.